The van der Waals surface area contributed by atoms with Gasteiger partial charge in [-0.15, -0.1) is 11.6 Å². The van der Waals surface area contributed by atoms with Gasteiger partial charge in [-0.05, 0) is 49.9 Å². The second kappa shape index (κ2) is 3.89. The summed E-state index contributed by atoms with van der Waals surface area (Å²) in [7, 11) is 1.90. The van der Waals surface area contributed by atoms with E-state index in [4.69, 9.17) is 23.2 Å². The number of hydrogen-bond acceptors (Lipinski definition) is 1. The van der Waals surface area contributed by atoms with Gasteiger partial charge in [-0.3, -0.25) is 4.68 Å². The van der Waals surface area contributed by atoms with Crippen molar-refractivity contribution in [1.29, 1.82) is 0 Å². The predicted molar refractivity (Wildman–Crippen MR) is 70.6 cm³/mol. The largest absolute Gasteiger partial charge is 0.257 e. The number of nitrogens with zero attached hydrogens (tertiary/aromatic N) is 2. The molecule has 0 bridgehead atoms. The fourth-order valence-corrected chi connectivity index (χ4v) is 4.11. The van der Waals surface area contributed by atoms with E-state index in [9.17, 15) is 0 Å². The third-order valence-electron chi connectivity index (χ3n) is 4.56. The van der Waals surface area contributed by atoms with E-state index in [1.807, 2.05) is 14.0 Å². The van der Waals surface area contributed by atoms with E-state index < -0.39 is 0 Å². The lowest BCUT2D eigenvalue weighted by atomic mass is 9.79. The Morgan fingerprint density at radius 2 is 2.06 bits per heavy atom. The normalized spacial score (nSPS) is 35.1. The number of fused-ring (bicyclic) bond motifs is 1. The molecule has 0 aromatic carbocycles. The smallest absolute Gasteiger partial charge is 0.130 e. The molecule has 1 heterocycles. The molecule has 2 fully saturated rings. The van der Waals surface area contributed by atoms with Crippen molar-refractivity contribution < 1.29 is 0 Å². The first-order chi connectivity index (χ1) is 8.04. The molecule has 0 spiro atoms. The Labute approximate surface area is 112 Å². The fourth-order valence-electron chi connectivity index (χ4n) is 3.56. The van der Waals surface area contributed by atoms with Crippen LogP contribution in [0.5, 0.6) is 0 Å². The quantitative estimate of drug-likeness (QED) is 0.770. The van der Waals surface area contributed by atoms with E-state index in [-0.39, 0.29) is 5.41 Å². The molecule has 1 aromatic heterocycles. The number of halogens is 2. The highest BCUT2D eigenvalue weighted by Crippen LogP contribution is 2.61. The van der Waals surface area contributed by atoms with Crippen LogP contribution in [-0.4, -0.2) is 15.7 Å². The summed E-state index contributed by atoms with van der Waals surface area (Å²) < 4.78 is 1.77. The summed E-state index contributed by atoms with van der Waals surface area (Å²) in [6.07, 6.45) is 5.00. The molecule has 2 atom stereocenters. The SMILES string of the molecule is Cc1nn(C)c(Cl)c1CC1(CCl)CC2CC2C1. The average Bonchev–Trinajstić information content (AvgIpc) is 2.85. The minimum Gasteiger partial charge on any atom is -0.257 e. The lowest BCUT2D eigenvalue weighted by Crippen LogP contribution is -2.24. The topological polar surface area (TPSA) is 17.8 Å². The molecule has 3 rings (SSSR count). The number of rotatable bonds is 3. The van der Waals surface area contributed by atoms with Gasteiger partial charge in [0.2, 0.25) is 0 Å². The molecule has 2 unspecified atom stereocenters. The monoisotopic (exact) mass is 272 g/mol. The van der Waals surface area contributed by atoms with Gasteiger partial charge in [0.1, 0.15) is 5.15 Å². The number of hydrogen-bond donors (Lipinski definition) is 0. The highest BCUT2D eigenvalue weighted by Gasteiger charge is 2.53. The van der Waals surface area contributed by atoms with Crippen molar-refractivity contribution in [3.8, 4) is 0 Å². The Bertz CT molecular complexity index is 443. The molecule has 0 radical (unpaired) electrons. The fraction of sp³-hybridized carbons (Fsp3) is 0.769. The van der Waals surface area contributed by atoms with Gasteiger partial charge in [0.25, 0.3) is 0 Å². The number of alkyl halides is 1. The van der Waals surface area contributed by atoms with Crippen molar-refractivity contribution in [3.63, 3.8) is 0 Å². The van der Waals surface area contributed by atoms with Crippen LogP contribution >= 0.6 is 23.2 Å². The van der Waals surface area contributed by atoms with Crippen LogP contribution < -0.4 is 0 Å². The molecule has 94 valence electrons. The van der Waals surface area contributed by atoms with Gasteiger partial charge in [-0.1, -0.05) is 11.6 Å². The van der Waals surface area contributed by atoms with Crippen LogP contribution in [0.3, 0.4) is 0 Å². The molecule has 2 aliphatic carbocycles. The zero-order valence-electron chi connectivity index (χ0n) is 10.3. The molecule has 17 heavy (non-hydrogen) atoms. The molecule has 2 saturated carbocycles. The maximum Gasteiger partial charge on any atom is 0.130 e. The van der Waals surface area contributed by atoms with Crippen molar-refractivity contribution in [2.24, 2.45) is 24.3 Å². The van der Waals surface area contributed by atoms with E-state index in [1.54, 1.807) is 4.68 Å². The van der Waals surface area contributed by atoms with Crippen LogP contribution in [0.2, 0.25) is 5.15 Å². The van der Waals surface area contributed by atoms with Gasteiger partial charge in [-0.25, -0.2) is 0 Å². The van der Waals surface area contributed by atoms with E-state index in [0.717, 1.165) is 35.0 Å². The molecule has 2 aliphatic rings. The lowest BCUT2D eigenvalue weighted by Gasteiger charge is -2.28. The highest BCUT2D eigenvalue weighted by atomic mass is 35.5. The molecule has 0 aliphatic heterocycles. The van der Waals surface area contributed by atoms with Crippen molar-refractivity contribution in [2.75, 3.05) is 5.88 Å². The minimum absolute atomic E-state index is 0.284. The van der Waals surface area contributed by atoms with E-state index in [0.29, 0.717) is 0 Å². The second-order valence-electron chi connectivity index (χ2n) is 5.95. The van der Waals surface area contributed by atoms with Crippen LogP contribution in [0.4, 0.5) is 0 Å². The van der Waals surface area contributed by atoms with Gasteiger partial charge in [0.05, 0.1) is 5.69 Å². The molecule has 2 nitrogen and oxygen atoms in total. The Hall–Kier alpha value is -0.210. The minimum atomic E-state index is 0.284. The predicted octanol–water partition coefficient (Wildman–Crippen LogP) is 3.58. The average molecular weight is 273 g/mol. The molecular formula is C13H18Cl2N2. The van der Waals surface area contributed by atoms with Crippen molar-refractivity contribution in [3.05, 3.63) is 16.4 Å². The van der Waals surface area contributed by atoms with Gasteiger partial charge >= 0.3 is 0 Å². The highest BCUT2D eigenvalue weighted by molar-refractivity contribution is 6.30. The molecule has 4 heteroatoms. The summed E-state index contributed by atoms with van der Waals surface area (Å²) in [6.45, 7) is 2.04. The van der Waals surface area contributed by atoms with Crippen LogP contribution in [0, 0.1) is 24.2 Å². The van der Waals surface area contributed by atoms with Crippen LogP contribution in [0.1, 0.15) is 30.5 Å². The maximum atomic E-state index is 6.32. The summed E-state index contributed by atoms with van der Waals surface area (Å²) in [5.74, 6) is 2.65. The van der Waals surface area contributed by atoms with Crippen LogP contribution in [-0.2, 0) is 13.5 Å². The lowest BCUT2D eigenvalue weighted by molar-refractivity contribution is 0.302. The number of aryl methyl sites for hydroxylation is 2. The maximum absolute atomic E-state index is 6.32. The van der Waals surface area contributed by atoms with Gasteiger partial charge in [0.15, 0.2) is 0 Å². The van der Waals surface area contributed by atoms with Crippen LogP contribution in [0.25, 0.3) is 0 Å². The van der Waals surface area contributed by atoms with E-state index >= 15 is 0 Å². The Morgan fingerprint density at radius 1 is 1.41 bits per heavy atom. The van der Waals surface area contributed by atoms with Crippen molar-refractivity contribution in [1.82, 2.24) is 9.78 Å². The van der Waals surface area contributed by atoms with Crippen molar-refractivity contribution in [2.45, 2.75) is 32.6 Å². The molecule has 0 saturated heterocycles. The summed E-state index contributed by atoms with van der Waals surface area (Å²) in [5, 5.41) is 5.17. The Kier molecular flexibility index (Phi) is 2.71. The Balaban J connectivity index is 1.85. The Morgan fingerprint density at radius 3 is 2.53 bits per heavy atom. The first-order valence-electron chi connectivity index (χ1n) is 6.28. The van der Waals surface area contributed by atoms with Gasteiger partial charge in [0, 0.05) is 18.5 Å². The first kappa shape index (κ1) is 11.9. The third-order valence-corrected chi connectivity index (χ3v) is 5.60. The summed E-state index contributed by atoms with van der Waals surface area (Å²) in [5.41, 5.74) is 2.55. The second-order valence-corrected chi connectivity index (χ2v) is 6.58. The van der Waals surface area contributed by atoms with Gasteiger partial charge in [-0.2, -0.15) is 5.10 Å². The molecular weight excluding hydrogens is 255 g/mol. The first-order valence-corrected chi connectivity index (χ1v) is 7.20. The van der Waals surface area contributed by atoms with Gasteiger partial charge < -0.3 is 0 Å². The standard InChI is InChI=1S/C13H18Cl2N2/c1-8-11(12(15)17(2)16-8)6-13(7-14)4-9-3-10(9)5-13/h9-10H,3-7H2,1-2H3. The zero-order chi connectivity index (χ0) is 12.2. The zero-order valence-corrected chi connectivity index (χ0v) is 11.9. The van der Waals surface area contributed by atoms with Crippen molar-refractivity contribution >= 4 is 23.2 Å². The van der Waals surface area contributed by atoms with Crippen LogP contribution in [0.15, 0.2) is 0 Å². The van der Waals surface area contributed by atoms with E-state index in [1.165, 1.54) is 24.8 Å². The summed E-state index contributed by atoms with van der Waals surface area (Å²) >= 11 is 12.6. The summed E-state index contributed by atoms with van der Waals surface area (Å²) in [4.78, 5) is 0. The third kappa shape index (κ3) is 1.90. The van der Waals surface area contributed by atoms with E-state index in [2.05, 4.69) is 5.10 Å². The summed E-state index contributed by atoms with van der Waals surface area (Å²) in [6, 6.07) is 0. The molecule has 1 aromatic rings. The molecule has 0 N–H and O–H groups in total. The molecule has 0 amide bonds. The number of aromatic nitrogens is 2.